The molecular weight excluding hydrogens is 402 g/mol. The molecule has 3 rings (SSSR count). The number of rotatable bonds is 8. The number of carbonyl (C=O) groups excluding carboxylic acids is 1. The second kappa shape index (κ2) is 8.95. The van der Waals surface area contributed by atoms with Crippen LogP contribution in [0.25, 0.3) is 0 Å². The van der Waals surface area contributed by atoms with Gasteiger partial charge < -0.3 is 14.5 Å². The predicted molar refractivity (Wildman–Crippen MR) is 105 cm³/mol. The lowest BCUT2D eigenvalue weighted by molar-refractivity contribution is 0.0918. The van der Waals surface area contributed by atoms with Crippen LogP contribution in [0.1, 0.15) is 16.3 Å². The summed E-state index contributed by atoms with van der Waals surface area (Å²) in [5.41, 5.74) is 0. The first kappa shape index (κ1) is 20.0. The van der Waals surface area contributed by atoms with Crippen molar-refractivity contribution in [3.63, 3.8) is 0 Å². The van der Waals surface area contributed by atoms with E-state index in [1.165, 1.54) is 24.3 Å². The molecule has 0 saturated carbocycles. The summed E-state index contributed by atoms with van der Waals surface area (Å²) >= 11 is 5.87. The second-order valence-electron chi connectivity index (χ2n) is 5.90. The number of sulfone groups is 1. The zero-order valence-corrected chi connectivity index (χ0v) is 16.4. The van der Waals surface area contributed by atoms with E-state index in [9.17, 15) is 13.2 Å². The van der Waals surface area contributed by atoms with Gasteiger partial charge in [-0.05, 0) is 42.5 Å². The van der Waals surface area contributed by atoms with Crippen LogP contribution in [0.2, 0.25) is 5.02 Å². The maximum absolute atomic E-state index is 12.4. The molecule has 0 aliphatic rings. The highest BCUT2D eigenvalue weighted by molar-refractivity contribution is 7.90. The molecule has 2 aromatic carbocycles. The summed E-state index contributed by atoms with van der Waals surface area (Å²) in [5, 5.41) is 3.22. The fourth-order valence-corrected chi connectivity index (χ4v) is 3.90. The number of carbonyl (C=O) groups is 1. The van der Waals surface area contributed by atoms with Crippen molar-refractivity contribution in [1.29, 1.82) is 0 Å². The molecule has 3 aromatic rings. The number of hydrogen-bond donors (Lipinski definition) is 1. The minimum Gasteiger partial charge on any atom is -0.492 e. The van der Waals surface area contributed by atoms with Gasteiger partial charge in [0.05, 0.1) is 11.4 Å². The molecule has 0 saturated heterocycles. The molecule has 0 aliphatic heterocycles. The van der Waals surface area contributed by atoms with Crippen molar-refractivity contribution in [1.82, 2.24) is 5.32 Å². The molecule has 0 bridgehead atoms. The van der Waals surface area contributed by atoms with Gasteiger partial charge in [-0.3, -0.25) is 4.79 Å². The van der Waals surface area contributed by atoms with E-state index in [-0.39, 0.29) is 35.3 Å². The van der Waals surface area contributed by atoms with Crippen LogP contribution in [0, 0.1) is 0 Å². The first-order valence-electron chi connectivity index (χ1n) is 8.47. The van der Waals surface area contributed by atoms with Crippen molar-refractivity contribution in [3.05, 3.63) is 83.3 Å². The molecule has 1 N–H and O–H groups in total. The molecule has 1 heterocycles. The first-order chi connectivity index (χ1) is 13.4. The lowest BCUT2D eigenvalue weighted by Gasteiger charge is -2.07. The van der Waals surface area contributed by atoms with Crippen LogP contribution < -0.4 is 10.1 Å². The highest BCUT2D eigenvalue weighted by atomic mass is 35.5. The van der Waals surface area contributed by atoms with Crippen molar-refractivity contribution in [2.75, 3.05) is 13.2 Å². The number of ether oxygens (including phenoxy) is 1. The Kier molecular flexibility index (Phi) is 6.38. The molecule has 0 fully saturated rings. The van der Waals surface area contributed by atoms with Crippen molar-refractivity contribution < 1.29 is 22.4 Å². The van der Waals surface area contributed by atoms with E-state index in [1.807, 2.05) is 0 Å². The highest BCUT2D eigenvalue weighted by Crippen LogP contribution is 2.18. The van der Waals surface area contributed by atoms with E-state index >= 15 is 0 Å². The van der Waals surface area contributed by atoms with Crippen LogP contribution in [-0.4, -0.2) is 27.5 Å². The van der Waals surface area contributed by atoms with Crippen molar-refractivity contribution >= 4 is 27.3 Å². The van der Waals surface area contributed by atoms with Gasteiger partial charge in [0.25, 0.3) is 5.91 Å². The van der Waals surface area contributed by atoms with Gasteiger partial charge in [0.2, 0.25) is 0 Å². The zero-order chi connectivity index (χ0) is 20.0. The second-order valence-corrected chi connectivity index (χ2v) is 8.33. The maximum Gasteiger partial charge on any atom is 0.287 e. The molecule has 6 nitrogen and oxygen atoms in total. The Morgan fingerprint density at radius 3 is 2.57 bits per heavy atom. The van der Waals surface area contributed by atoms with E-state index in [0.717, 1.165) is 0 Å². The van der Waals surface area contributed by atoms with Gasteiger partial charge in [-0.2, -0.15) is 0 Å². The van der Waals surface area contributed by atoms with E-state index in [2.05, 4.69) is 5.32 Å². The summed E-state index contributed by atoms with van der Waals surface area (Å²) in [5.74, 6) is 0.0822. The van der Waals surface area contributed by atoms with Gasteiger partial charge in [0, 0.05) is 5.02 Å². The van der Waals surface area contributed by atoms with Gasteiger partial charge >= 0.3 is 0 Å². The van der Waals surface area contributed by atoms with Gasteiger partial charge in [0.15, 0.2) is 15.6 Å². The van der Waals surface area contributed by atoms with Crippen LogP contribution >= 0.6 is 11.6 Å². The molecule has 0 aliphatic carbocycles. The summed E-state index contributed by atoms with van der Waals surface area (Å²) in [7, 11) is -3.54. The molecule has 28 heavy (non-hydrogen) atoms. The number of hydrogen-bond acceptors (Lipinski definition) is 5. The molecule has 0 radical (unpaired) electrons. The largest absolute Gasteiger partial charge is 0.492 e. The van der Waals surface area contributed by atoms with Crippen LogP contribution in [0.3, 0.4) is 0 Å². The lowest BCUT2D eigenvalue weighted by atomic mass is 10.3. The topological polar surface area (TPSA) is 85.6 Å². The summed E-state index contributed by atoms with van der Waals surface area (Å²) in [6, 6.07) is 18.0. The fourth-order valence-electron chi connectivity index (χ4n) is 2.45. The number of amides is 1. The average Bonchev–Trinajstić information content (AvgIpc) is 3.14. The summed E-state index contributed by atoms with van der Waals surface area (Å²) in [6.07, 6.45) is 0. The van der Waals surface area contributed by atoms with Gasteiger partial charge in [-0.25, -0.2) is 8.42 Å². The van der Waals surface area contributed by atoms with Crippen molar-refractivity contribution in [2.24, 2.45) is 0 Å². The molecule has 0 unspecified atom stereocenters. The Morgan fingerprint density at radius 2 is 1.82 bits per heavy atom. The van der Waals surface area contributed by atoms with Gasteiger partial charge in [0.1, 0.15) is 23.9 Å². The fraction of sp³-hybridized carbons (Fsp3) is 0.150. The van der Waals surface area contributed by atoms with E-state index in [4.69, 9.17) is 20.8 Å². The summed E-state index contributed by atoms with van der Waals surface area (Å²) in [6.45, 7) is 0.506. The Labute approximate surface area is 168 Å². The normalized spacial score (nSPS) is 11.2. The minimum absolute atomic E-state index is 0.0426. The highest BCUT2D eigenvalue weighted by Gasteiger charge is 2.19. The first-order valence-corrected chi connectivity index (χ1v) is 10.5. The van der Waals surface area contributed by atoms with Crippen LogP contribution in [0.15, 0.2) is 76.0 Å². The standard InChI is InChI=1S/C20H18ClNO5S/c21-15-5-4-6-16(13-15)26-12-11-22-20(23)19-10-9-17(27-19)14-28(24,25)18-7-2-1-3-8-18/h1-10,13H,11-12,14H2,(H,22,23). The minimum atomic E-state index is -3.54. The van der Waals surface area contributed by atoms with Crippen molar-refractivity contribution in [3.8, 4) is 5.75 Å². The molecular formula is C20H18ClNO5S. The number of nitrogens with one attached hydrogen (secondary N) is 1. The third kappa shape index (κ3) is 5.37. The third-order valence-electron chi connectivity index (χ3n) is 3.77. The zero-order valence-electron chi connectivity index (χ0n) is 14.8. The Morgan fingerprint density at radius 1 is 1.04 bits per heavy atom. The Balaban J connectivity index is 1.51. The number of benzene rings is 2. The van der Waals surface area contributed by atoms with Crippen LogP contribution in [0.5, 0.6) is 5.75 Å². The van der Waals surface area contributed by atoms with Crippen LogP contribution in [0.4, 0.5) is 0 Å². The van der Waals surface area contributed by atoms with E-state index in [1.54, 1.807) is 42.5 Å². The SMILES string of the molecule is O=C(NCCOc1cccc(Cl)c1)c1ccc(CS(=O)(=O)c2ccccc2)o1. The average molecular weight is 420 g/mol. The maximum atomic E-state index is 12.4. The van der Waals surface area contributed by atoms with Crippen molar-refractivity contribution in [2.45, 2.75) is 10.6 Å². The molecule has 1 amide bonds. The molecule has 0 spiro atoms. The van der Waals surface area contributed by atoms with E-state index in [0.29, 0.717) is 10.8 Å². The van der Waals surface area contributed by atoms with Crippen LogP contribution in [-0.2, 0) is 15.6 Å². The lowest BCUT2D eigenvalue weighted by Crippen LogP contribution is -2.27. The monoisotopic (exact) mass is 419 g/mol. The van der Waals surface area contributed by atoms with Gasteiger partial charge in [-0.1, -0.05) is 35.9 Å². The number of halogens is 1. The third-order valence-corrected chi connectivity index (χ3v) is 5.66. The molecule has 0 atom stereocenters. The van der Waals surface area contributed by atoms with Gasteiger partial charge in [-0.15, -0.1) is 0 Å². The predicted octanol–water partition coefficient (Wildman–Crippen LogP) is 3.72. The Hall–Kier alpha value is -2.77. The molecule has 8 heteroatoms. The quantitative estimate of drug-likeness (QED) is 0.562. The summed E-state index contributed by atoms with van der Waals surface area (Å²) in [4.78, 5) is 12.3. The van der Waals surface area contributed by atoms with E-state index < -0.39 is 15.7 Å². The molecule has 146 valence electrons. The molecule has 1 aromatic heterocycles. The number of furan rings is 1. The smallest absolute Gasteiger partial charge is 0.287 e. The summed E-state index contributed by atoms with van der Waals surface area (Å²) < 4.78 is 35.6. The Bertz CT molecular complexity index is 1050.